The number of halogens is 1. The lowest BCUT2D eigenvalue weighted by Crippen LogP contribution is -2.13. The number of methoxy groups -OCH3 is 1. The van der Waals surface area contributed by atoms with E-state index in [1.54, 1.807) is 25.1 Å². The predicted molar refractivity (Wildman–Crippen MR) is 128 cm³/mol. The largest absolute Gasteiger partial charge is 0.493 e. The number of aromatic nitrogens is 1. The number of nitrogens with zero attached hydrogens (tertiary/aromatic N) is 2. The monoisotopic (exact) mass is 481 g/mol. The second-order valence-electron chi connectivity index (χ2n) is 7.45. The molecule has 3 rings (SSSR count). The van der Waals surface area contributed by atoms with Crippen LogP contribution in [0.15, 0.2) is 46.5 Å². The Morgan fingerprint density at radius 3 is 2.56 bits per heavy atom. The first-order valence-electron chi connectivity index (χ1n) is 10.4. The Labute approximate surface area is 202 Å². The molecule has 1 aromatic heterocycles. The van der Waals surface area contributed by atoms with E-state index < -0.39 is 5.91 Å². The van der Waals surface area contributed by atoms with Gasteiger partial charge in [-0.15, -0.1) is 0 Å². The number of carbonyl (C=O) groups is 1. The van der Waals surface area contributed by atoms with Gasteiger partial charge in [0.25, 0.3) is 5.91 Å². The van der Waals surface area contributed by atoms with E-state index in [1.807, 2.05) is 38.1 Å². The van der Waals surface area contributed by atoms with E-state index in [4.69, 9.17) is 30.3 Å². The van der Waals surface area contributed by atoms with Crippen LogP contribution in [0.5, 0.6) is 17.2 Å². The van der Waals surface area contributed by atoms with Crippen LogP contribution in [0.1, 0.15) is 22.5 Å². The Kier molecular flexibility index (Phi) is 8.17. The SMILES string of the molecule is COc1cc(/C=C(/C#N)C(=O)Nc2cc(C)on2)cc(Cl)c1OCCOc1ccc(C)cc1C. The molecule has 0 spiro atoms. The van der Waals surface area contributed by atoms with Gasteiger partial charge in [-0.1, -0.05) is 34.5 Å². The standard InChI is InChI=1S/C25H24ClN3O5/c1-15-5-6-21(16(2)9-15)32-7-8-33-24-20(26)12-18(13-22(24)31-4)11-19(14-27)25(30)28-23-10-17(3)34-29-23/h5-6,9-13H,7-8H2,1-4H3,(H,28,29,30)/b19-11-. The molecule has 9 heteroatoms. The van der Waals surface area contributed by atoms with Gasteiger partial charge in [0.15, 0.2) is 17.3 Å². The molecule has 1 N–H and O–H groups in total. The molecule has 3 aromatic rings. The molecule has 8 nitrogen and oxygen atoms in total. The minimum atomic E-state index is -0.630. The molecule has 0 aliphatic carbocycles. The van der Waals surface area contributed by atoms with Crippen LogP contribution >= 0.6 is 11.6 Å². The molecule has 176 valence electrons. The number of carbonyl (C=O) groups excluding carboxylic acids is 1. The van der Waals surface area contributed by atoms with Crippen molar-refractivity contribution in [3.63, 3.8) is 0 Å². The van der Waals surface area contributed by atoms with Crippen molar-refractivity contribution in [3.05, 3.63) is 69.4 Å². The Balaban J connectivity index is 1.69. The van der Waals surface area contributed by atoms with Gasteiger partial charge in [-0.3, -0.25) is 4.79 Å². The lowest BCUT2D eigenvalue weighted by atomic mass is 10.1. The summed E-state index contributed by atoms with van der Waals surface area (Å²) in [5, 5.41) is 15.9. The molecule has 0 saturated carbocycles. The lowest BCUT2D eigenvalue weighted by Gasteiger charge is -2.14. The first-order chi connectivity index (χ1) is 16.3. The van der Waals surface area contributed by atoms with Crippen LogP contribution in [0, 0.1) is 32.1 Å². The summed E-state index contributed by atoms with van der Waals surface area (Å²) < 4.78 is 21.9. The van der Waals surface area contributed by atoms with E-state index in [1.165, 1.54) is 13.2 Å². The topological polar surface area (TPSA) is 107 Å². The Bertz CT molecular complexity index is 1260. The first-order valence-corrected chi connectivity index (χ1v) is 10.8. The van der Waals surface area contributed by atoms with Gasteiger partial charge in [0.05, 0.1) is 12.1 Å². The van der Waals surface area contributed by atoms with E-state index in [2.05, 4.69) is 10.5 Å². The van der Waals surface area contributed by atoms with Crippen molar-refractivity contribution >= 4 is 29.4 Å². The maximum absolute atomic E-state index is 12.4. The Morgan fingerprint density at radius 1 is 1.15 bits per heavy atom. The Morgan fingerprint density at radius 2 is 1.91 bits per heavy atom. The fraction of sp³-hybridized carbons (Fsp3) is 0.240. The summed E-state index contributed by atoms with van der Waals surface area (Å²) in [7, 11) is 1.48. The van der Waals surface area contributed by atoms with Crippen LogP contribution in [0.25, 0.3) is 6.08 Å². The minimum absolute atomic E-state index is 0.144. The molecular formula is C25H24ClN3O5. The number of rotatable bonds is 9. The summed E-state index contributed by atoms with van der Waals surface area (Å²) in [6, 6.07) is 12.6. The number of nitriles is 1. The summed E-state index contributed by atoms with van der Waals surface area (Å²) in [5.74, 6) is 1.60. The Hall–Kier alpha value is -3.96. The van der Waals surface area contributed by atoms with Gasteiger partial charge < -0.3 is 24.1 Å². The van der Waals surface area contributed by atoms with Gasteiger partial charge in [0, 0.05) is 6.07 Å². The van der Waals surface area contributed by atoms with E-state index in [9.17, 15) is 10.1 Å². The molecule has 0 unspecified atom stereocenters. The van der Waals surface area contributed by atoms with Crippen molar-refractivity contribution in [2.24, 2.45) is 0 Å². The minimum Gasteiger partial charge on any atom is -0.493 e. The molecule has 0 aliphatic rings. The maximum atomic E-state index is 12.4. The number of nitrogens with one attached hydrogen (secondary N) is 1. The van der Waals surface area contributed by atoms with Crippen LogP contribution in [-0.2, 0) is 4.79 Å². The maximum Gasteiger partial charge on any atom is 0.267 e. The quantitative estimate of drug-likeness (QED) is 0.252. The van der Waals surface area contributed by atoms with Crippen LogP contribution in [-0.4, -0.2) is 31.4 Å². The lowest BCUT2D eigenvalue weighted by molar-refractivity contribution is -0.112. The summed E-state index contributed by atoms with van der Waals surface area (Å²) in [6.07, 6.45) is 1.39. The molecule has 0 saturated heterocycles. The van der Waals surface area contributed by atoms with Gasteiger partial charge in [0.2, 0.25) is 0 Å². The molecule has 0 aliphatic heterocycles. The van der Waals surface area contributed by atoms with E-state index >= 15 is 0 Å². The summed E-state index contributed by atoms with van der Waals surface area (Å²) in [6.45, 7) is 6.25. The third kappa shape index (κ3) is 6.30. The molecule has 0 radical (unpaired) electrons. The van der Waals surface area contributed by atoms with Crippen molar-refractivity contribution in [1.29, 1.82) is 5.26 Å². The smallest absolute Gasteiger partial charge is 0.267 e. The van der Waals surface area contributed by atoms with Gasteiger partial charge in [-0.2, -0.15) is 5.26 Å². The predicted octanol–water partition coefficient (Wildman–Crippen LogP) is 5.27. The zero-order valence-electron chi connectivity index (χ0n) is 19.3. The number of benzene rings is 2. The number of ether oxygens (including phenoxy) is 3. The molecular weight excluding hydrogens is 458 g/mol. The number of amides is 1. The average molecular weight is 482 g/mol. The molecule has 1 amide bonds. The highest BCUT2D eigenvalue weighted by Gasteiger charge is 2.15. The average Bonchev–Trinajstić information content (AvgIpc) is 3.21. The van der Waals surface area contributed by atoms with Crippen molar-refractivity contribution in [2.45, 2.75) is 20.8 Å². The summed E-state index contributed by atoms with van der Waals surface area (Å²) >= 11 is 6.41. The second-order valence-corrected chi connectivity index (χ2v) is 7.85. The molecule has 1 heterocycles. The fourth-order valence-corrected chi connectivity index (χ4v) is 3.42. The third-order valence-electron chi connectivity index (χ3n) is 4.72. The van der Waals surface area contributed by atoms with Crippen molar-refractivity contribution in [1.82, 2.24) is 5.16 Å². The van der Waals surface area contributed by atoms with Crippen molar-refractivity contribution < 1.29 is 23.5 Å². The zero-order chi connectivity index (χ0) is 24.7. The number of hydrogen-bond donors (Lipinski definition) is 1. The van der Waals surface area contributed by atoms with E-state index in [0.717, 1.165) is 16.9 Å². The van der Waals surface area contributed by atoms with Crippen LogP contribution < -0.4 is 19.5 Å². The molecule has 2 aromatic carbocycles. The first kappa shape index (κ1) is 24.7. The molecule has 0 atom stereocenters. The van der Waals surface area contributed by atoms with Crippen LogP contribution in [0.3, 0.4) is 0 Å². The van der Waals surface area contributed by atoms with Crippen molar-refractivity contribution in [2.75, 3.05) is 25.6 Å². The second kappa shape index (κ2) is 11.3. The van der Waals surface area contributed by atoms with Crippen LogP contribution in [0.2, 0.25) is 5.02 Å². The molecule has 0 bridgehead atoms. The van der Waals surface area contributed by atoms with Gasteiger partial charge >= 0.3 is 0 Å². The highest BCUT2D eigenvalue weighted by atomic mass is 35.5. The molecule has 0 fully saturated rings. The van der Waals surface area contributed by atoms with Gasteiger partial charge in [-0.05, 0) is 56.2 Å². The summed E-state index contributed by atoms with van der Waals surface area (Å²) in [5.41, 5.74) is 2.55. The number of hydrogen-bond acceptors (Lipinski definition) is 7. The van der Waals surface area contributed by atoms with Gasteiger partial charge in [0.1, 0.15) is 36.4 Å². The highest BCUT2D eigenvalue weighted by molar-refractivity contribution is 6.32. The molecule has 34 heavy (non-hydrogen) atoms. The van der Waals surface area contributed by atoms with E-state index in [0.29, 0.717) is 29.4 Å². The zero-order valence-corrected chi connectivity index (χ0v) is 20.0. The highest BCUT2D eigenvalue weighted by Crippen LogP contribution is 2.37. The third-order valence-corrected chi connectivity index (χ3v) is 5.00. The van der Waals surface area contributed by atoms with Crippen molar-refractivity contribution in [3.8, 4) is 23.3 Å². The summed E-state index contributed by atoms with van der Waals surface area (Å²) in [4.78, 5) is 12.4. The van der Waals surface area contributed by atoms with Crippen LogP contribution in [0.4, 0.5) is 5.82 Å². The van der Waals surface area contributed by atoms with Gasteiger partial charge in [-0.25, -0.2) is 0 Å². The number of anilines is 1. The fourth-order valence-electron chi connectivity index (χ4n) is 3.14. The normalized spacial score (nSPS) is 11.0. The number of aryl methyl sites for hydroxylation is 3. The van der Waals surface area contributed by atoms with E-state index in [-0.39, 0.29) is 23.0 Å².